The zero-order valence-electron chi connectivity index (χ0n) is 28.0. The number of phenols is 1. The molecule has 4 amide bonds. The van der Waals surface area contributed by atoms with Gasteiger partial charge in [0.1, 0.15) is 17.0 Å². The zero-order chi connectivity index (χ0) is 39.7. The summed E-state index contributed by atoms with van der Waals surface area (Å²) in [6.45, 7) is 0. The highest BCUT2D eigenvalue weighted by Crippen LogP contribution is 2.66. The van der Waals surface area contributed by atoms with Gasteiger partial charge in [-0.15, -0.1) is 23.2 Å². The first-order chi connectivity index (χ1) is 26.6. The van der Waals surface area contributed by atoms with Crippen LogP contribution >= 0.6 is 34.8 Å². The lowest BCUT2D eigenvalue weighted by atomic mass is 9.56. The standard InChI is InChI=1S/C39H21Cl3F5N3O6/c40-22-13-17(51)9-10-19(22)26-18-11-12-20-25(35(53)49(34(20)52)16-7-5-15(6-8-16)33-48-23-3-1-2-4-24(23)56-33)21(18)14-38(41)36(54)50(37(55)39(26,38)42)32-30(46)28(44)27(43)29(45)31(32)47/h1-11,13,20-21,25-26,51H,12,14H2. The van der Waals surface area contributed by atoms with E-state index in [1.807, 2.05) is 0 Å². The average molecular weight is 829 g/mol. The molecule has 4 aromatic carbocycles. The number of halogens is 8. The quantitative estimate of drug-likeness (QED) is 0.0483. The van der Waals surface area contributed by atoms with E-state index in [-0.39, 0.29) is 38.9 Å². The summed E-state index contributed by atoms with van der Waals surface area (Å²) in [6.07, 6.45) is 0.790. The van der Waals surface area contributed by atoms with Gasteiger partial charge in [0, 0.05) is 16.5 Å². The van der Waals surface area contributed by atoms with Gasteiger partial charge in [0.2, 0.25) is 23.5 Å². The second-order valence-corrected chi connectivity index (χ2v) is 15.6. The highest BCUT2D eigenvalue weighted by Gasteiger charge is 2.77. The van der Waals surface area contributed by atoms with Gasteiger partial charge in [0.05, 0.1) is 17.5 Å². The number of hydrogen-bond donors (Lipinski definition) is 1. The van der Waals surface area contributed by atoms with Crippen molar-refractivity contribution >= 4 is 80.9 Å². The van der Waals surface area contributed by atoms with Crippen LogP contribution in [0.25, 0.3) is 22.6 Å². The van der Waals surface area contributed by atoms with Gasteiger partial charge >= 0.3 is 0 Å². The summed E-state index contributed by atoms with van der Waals surface area (Å²) in [7, 11) is 0. The fourth-order valence-electron chi connectivity index (χ4n) is 8.67. The first-order valence-electron chi connectivity index (χ1n) is 16.9. The fraction of sp³-hybridized carbons (Fsp3) is 0.205. The molecule has 284 valence electrons. The van der Waals surface area contributed by atoms with Gasteiger partial charge in [-0.2, -0.15) is 0 Å². The number of rotatable bonds is 4. The van der Waals surface area contributed by atoms with Crippen molar-refractivity contribution in [1.29, 1.82) is 0 Å². The monoisotopic (exact) mass is 827 g/mol. The number of alkyl halides is 2. The Labute approximate surface area is 326 Å². The molecule has 6 unspecified atom stereocenters. The first-order valence-corrected chi connectivity index (χ1v) is 18.0. The maximum Gasteiger partial charge on any atom is 0.258 e. The summed E-state index contributed by atoms with van der Waals surface area (Å²) in [5, 5.41) is 9.96. The van der Waals surface area contributed by atoms with Crippen molar-refractivity contribution in [3.63, 3.8) is 0 Å². The molecule has 56 heavy (non-hydrogen) atoms. The Morgan fingerprint density at radius 3 is 2.11 bits per heavy atom. The van der Waals surface area contributed by atoms with Crippen LogP contribution in [0.2, 0.25) is 5.02 Å². The van der Waals surface area contributed by atoms with E-state index < -0.39 is 98.2 Å². The smallest absolute Gasteiger partial charge is 0.258 e. The number of aromatic hydroxyl groups is 1. The molecule has 3 heterocycles. The molecule has 17 heteroatoms. The van der Waals surface area contributed by atoms with Crippen molar-refractivity contribution in [2.24, 2.45) is 17.8 Å². The number of oxazole rings is 1. The molecule has 1 N–H and O–H groups in total. The summed E-state index contributed by atoms with van der Waals surface area (Å²) in [5.41, 5.74) is 0.217. The molecule has 0 spiro atoms. The number of benzene rings is 4. The minimum Gasteiger partial charge on any atom is -0.508 e. The van der Waals surface area contributed by atoms with Gasteiger partial charge < -0.3 is 9.52 Å². The van der Waals surface area contributed by atoms with Gasteiger partial charge in [-0.3, -0.25) is 24.1 Å². The maximum absolute atomic E-state index is 15.3. The number of allylic oxidation sites excluding steroid dienone is 2. The molecule has 4 aliphatic rings. The number of carbonyl (C=O) groups excluding carboxylic acids is 4. The number of nitrogens with zero attached hydrogens (tertiary/aromatic N) is 3. The van der Waals surface area contributed by atoms with E-state index in [1.54, 1.807) is 42.5 Å². The number of hydrogen-bond acceptors (Lipinski definition) is 7. The summed E-state index contributed by atoms with van der Waals surface area (Å²) in [4.78, 5) is 57.0. The van der Waals surface area contributed by atoms with E-state index in [4.69, 9.17) is 39.2 Å². The van der Waals surface area contributed by atoms with Gasteiger partial charge in [0.15, 0.2) is 38.6 Å². The Balaban J connectivity index is 1.15. The Kier molecular flexibility index (Phi) is 8.01. The predicted molar refractivity (Wildman–Crippen MR) is 191 cm³/mol. The molecule has 2 saturated heterocycles. The number of para-hydroxylation sites is 2. The molecule has 5 aromatic rings. The predicted octanol–water partition coefficient (Wildman–Crippen LogP) is 8.32. The normalized spacial score (nSPS) is 27.2. The Morgan fingerprint density at radius 1 is 0.786 bits per heavy atom. The van der Waals surface area contributed by atoms with Gasteiger partial charge in [-0.05, 0) is 72.9 Å². The number of anilines is 2. The summed E-state index contributed by atoms with van der Waals surface area (Å²) in [6, 6.07) is 16.9. The molecule has 9 nitrogen and oxygen atoms in total. The lowest BCUT2D eigenvalue weighted by Crippen LogP contribution is -2.60. The summed E-state index contributed by atoms with van der Waals surface area (Å²) < 4.78 is 79.5. The van der Waals surface area contributed by atoms with Crippen molar-refractivity contribution in [2.45, 2.75) is 28.5 Å². The number of carbonyl (C=O) groups is 4. The second kappa shape index (κ2) is 12.3. The molecule has 0 radical (unpaired) electrons. The van der Waals surface area contributed by atoms with Crippen molar-refractivity contribution in [2.75, 3.05) is 9.80 Å². The summed E-state index contributed by atoms with van der Waals surface area (Å²) >= 11 is 20.9. The van der Waals surface area contributed by atoms with E-state index in [0.29, 0.717) is 22.6 Å². The third kappa shape index (κ3) is 4.69. The molecule has 6 atom stereocenters. The van der Waals surface area contributed by atoms with Crippen LogP contribution in [0.15, 0.2) is 82.8 Å². The molecule has 2 aliphatic carbocycles. The van der Waals surface area contributed by atoms with Crippen molar-refractivity contribution in [3.8, 4) is 17.2 Å². The van der Waals surface area contributed by atoms with Crippen molar-refractivity contribution in [1.82, 2.24) is 4.98 Å². The number of phenolic OH excluding ortho intramolecular Hbond substituents is 1. The molecular formula is C39H21Cl3F5N3O6. The van der Waals surface area contributed by atoms with Crippen LogP contribution in [0.3, 0.4) is 0 Å². The third-order valence-corrected chi connectivity index (χ3v) is 12.9. The SMILES string of the molecule is O=C1C2CC=C3C(CC4(Cl)C(=O)N(c5c(F)c(F)c(F)c(F)c5F)C(=O)C4(Cl)C3c3ccc(O)cc3Cl)C2C(=O)N1c1ccc(-c2nc3ccccc3o2)cc1. The highest BCUT2D eigenvalue weighted by molar-refractivity contribution is 6.58. The lowest BCUT2D eigenvalue weighted by molar-refractivity contribution is -0.125. The molecule has 0 bridgehead atoms. The van der Waals surface area contributed by atoms with Gasteiger partial charge in [0.25, 0.3) is 11.8 Å². The molecule has 1 saturated carbocycles. The Bertz CT molecular complexity index is 2590. The molecule has 1 aromatic heterocycles. The van der Waals surface area contributed by atoms with E-state index >= 15 is 8.78 Å². The van der Waals surface area contributed by atoms with E-state index in [2.05, 4.69) is 4.98 Å². The zero-order valence-corrected chi connectivity index (χ0v) is 30.3. The number of amides is 4. The lowest BCUT2D eigenvalue weighted by Gasteiger charge is -2.50. The van der Waals surface area contributed by atoms with Crippen LogP contribution in [0.5, 0.6) is 5.75 Å². The minimum atomic E-state index is -2.76. The summed E-state index contributed by atoms with van der Waals surface area (Å²) in [5.74, 6) is -21.9. The van der Waals surface area contributed by atoms with Crippen LogP contribution in [0.1, 0.15) is 24.3 Å². The van der Waals surface area contributed by atoms with Gasteiger partial charge in [-0.1, -0.05) is 41.4 Å². The van der Waals surface area contributed by atoms with Crippen LogP contribution in [0.4, 0.5) is 33.3 Å². The molecule has 2 aliphatic heterocycles. The number of imide groups is 2. The van der Waals surface area contributed by atoms with Crippen molar-refractivity contribution in [3.05, 3.63) is 118 Å². The number of aromatic nitrogens is 1. The van der Waals surface area contributed by atoms with Crippen molar-refractivity contribution < 1.29 is 50.7 Å². The van der Waals surface area contributed by atoms with Crippen LogP contribution in [-0.2, 0) is 19.2 Å². The van der Waals surface area contributed by atoms with Crippen LogP contribution in [-0.4, -0.2) is 43.5 Å². The van der Waals surface area contributed by atoms with E-state index in [0.717, 1.165) is 11.0 Å². The third-order valence-electron chi connectivity index (χ3n) is 11.2. The molecule has 9 rings (SSSR count). The Hall–Kier alpha value is -5.31. The Morgan fingerprint density at radius 2 is 1.45 bits per heavy atom. The topological polar surface area (TPSA) is 121 Å². The largest absolute Gasteiger partial charge is 0.508 e. The van der Waals surface area contributed by atoms with Gasteiger partial charge in [-0.25, -0.2) is 31.8 Å². The van der Waals surface area contributed by atoms with Crippen LogP contribution in [0, 0.1) is 46.8 Å². The molecule has 3 fully saturated rings. The average Bonchev–Trinajstić information content (AvgIpc) is 3.77. The fourth-order valence-corrected chi connectivity index (χ4v) is 9.88. The second-order valence-electron chi connectivity index (χ2n) is 13.9. The van der Waals surface area contributed by atoms with E-state index in [9.17, 15) is 37.5 Å². The first kappa shape index (κ1) is 36.3. The maximum atomic E-state index is 15.3. The molecular weight excluding hydrogens is 808 g/mol. The highest BCUT2D eigenvalue weighted by atomic mass is 35.5. The van der Waals surface area contributed by atoms with Crippen LogP contribution < -0.4 is 9.80 Å². The number of fused-ring (bicyclic) bond motifs is 5. The minimum absolute atomic E-state index is 0.0253. The van der Waals surface area contributed by atoms with E-state index in [1.165, 1.54) is 24.3 Å².